The number of alkyl halides is 1. The highest BCUT2D eigenvalue weighted by Crippen LogP contribution is 2.20. The SMILES string of the molecule is C.Cn1cc[nH]c1=S.Cn1ccnc1SCCC(F)=C(F)F.FC(F)=C(F)CCBr. The van der Waals surface area contributed by atoms with E-state index in [0.717, 1.165) is 4.77 Å². The molecule has 2 rings (SSSR count). The van der Waals surface area contributed by atoms with Gasteiger partial charge in [-0.3, -0.25) is 0 Å². The van der Waals surface area contributed by atoms with Crippen molar-refractivity contribution in [2.24, 2.45) is 14.1 Å². The van der Waals surface area contributed by atoms with E-state index in [2.05, 4.69) is 25.9 Å². The molecule has 0 radical (unpaired) electrons. The van der Waals surface area contributed by atoms with Gasteiger partial charge in [0.1, 0.15) is 0 Å². The lowest BCUT2D eigenvalue weighted by Crippen LogP contribution is -1.90. The average Bonchev–Trinajstić information content (AvgIpc) is 3.24. The van der Waals surface area contributed by atoms with Crippen LogP contribution in [0, 0.1) is 4.77 Å². The second-order valence-electron chi connectivity index (χ2n) is 5.06. The Bertz CT molecular complexity index is 839. The molecule has 0 aliphatic heterocycles. The molecule has 0 saturated carbocycles. The molecule has 0 aliphatic carbocycles. The molecule has 30 heavy (non-hydrogen) atoms. The number of halogens is 7. The van der Waals surface area contributed by atoms with Gasteiger partial charge in [-0.05, 0) is 12.2 Å². The molecular formula is C17H23BrF6N4S2. The summed E-state index contributed by atoms with van der Waals surface area (Å²) in [6.07, 6.45) is 2.08. The molecule has 4 nitrogen and oxygen atoms in total. The van der Waals surface area contributed by atoms with E-state index in [1.165, 1.54) is 11.8 Å². The Hall–Kier alpha value is -1.47. The van der Waals surface area contributed by atoms with Crippen LogP contribution in [0.4, 0.5) is 26.3 Å². The lowest BCUT2D eigenvalue weighted by Gasteiger charge is -1.99. The maximum atomic E-state index is 12.3. The molecular weight excluding hydrogens is 518 g/mol. The summed E-state index contributed by atoms with van der Waals surface area (Å²) in [6, 6.07) is 0. The Balaban J connectivity index is 0. The van der Waals surface area contributed by atoms with Crippen molar-refractivity contribution in [2.75, 3.05) is 11.1 Å². The first-order valence-electron chi connectivity index (χ1n) is 7.85. The first-order valence-corrected chi connectivity index (χ1v) is 10.4. The van der Waals surface area contributed by atoms with Gasteiger partial charge in [-0.2, -0.15) is 17.6 Å². The highest BCUT2D eigenvalue weighted by molar-refractivity contribution is 9.09. The summed E-state index contributed by atoms with van der Waals surface area (Å²) in [5.41, 5.74) is 0. The van der Waals surface area contributed by atoms with Crippen molar-refractivity contribution in [2.45, 2.75) is 25.4 Å². The van der Waals surface area contributed by atoms with E-state index in [1.807, 2.05) is 24.0 Å². The predicted octanol–water partition coefficient (Wildman–Crippen LogP) is 7.55. The maximum Gasteiger partial charge on any atom is 0.301 e. The predicted molar refractivity (Wildman–Crippen MR) is 115 cm³/mol. The Morgan fingerprint density at radius 2 is 1.60 bits per heavy atom. The van der Waals surface area contributed by atoms with E-state index in [4.69, 9.17) is 12.2 Å². The number of nitrogens with zero attached hydrogens (tertiary/aromatic N) is 3. The molecule has 0 unspecified atom stereocenters. The fourth-order valence-corrected chi connectivity index (χ4v) is 2.73. The average molecular weight is 541 g/mol. The van der Waals surface area contributed by atoms with Crippen LogP contribution in [0.2, 0.25) is 0 Å². The molecule has 2 aromatic rings. The third kappa shape index (κ3) is 13.7. The number of nitrogens with one attached hydrogen (secondary N) is 1. The Labute approximate surface area is 189 Å². The summed E-state index contributed by atoms with van der Waals surface area (Å²) in [4.78, 5) is 6.80. The van der Waals surface area contributed by atoms with Crippen LogP contribution in [0.25, 0.3) is 0 Å². The van der Waals surface area contributed by atoms with Crippen LogP contribution < -0.4 is 0 Å². The Kier molecular flexibility index (Phi) is 17.6. The topological polar surface area (TPSA) is 38.5 Å². The van der Waals surface area contributed by atoms with Gasteiger partial charge in [0.2, 0.25) is 0 Å². The number of aromatic nitrogens is 4. The van der Waals surface area contributed by atoms with Crippen molar-refractivity contribution in [1.82, 2.24) is 19.1 Å². The molecule has 2 aromatic heterocycles. The number of rotatable bonds is 6. The summed E-state index contributed by atoms with van der Waals surface area (Å²) >= 11 is 8.85. The van der Waals surface area contributed by atoms with Crippen molar-refractivity contribution in [3.05, 3.63) is 53.4 Å². The van der Waals surface area contributed by atoms with Crippen molar-refractivity contribution in [3.63, 3.8) is 0 Å². The maximum absolute atomic E-state index is 12.3. The zero-order valence-corrected chi connectivity index (χ0v) is 18.7. The fraction of sp³-hybridized carbons (Fsp3) is 0.412. The number of imidazole rings is 2. The van der Waals surface area contributed by atoms with Gasteiger partial charge in [0.05, 0.1) is 0 Å². The van der Waals surface area contributed by atoms with Crippen molar-refractivity contribution >= 4 is 39.9 Å². The Morgan fingerprint density at radius 1 is 1.03 bits per heavy atom. The standard InChI is InChI=1S/C8H9F3N2S.C4H4BrF3.C4H6N2S.CH4/c1-13-4-3-12-8(13)14-5-2-6(9)7(10)11;5-2-1-3(6)4(7)8;1-6-3-2-5-4(6)7;/h3-4H,2,5H2,1H3;1-2H2;2-3H,1H3,(H,5,7);1H4. The van der Waals surface area contributed by atoms with E-state index in [9.17, 15) is 26.3 Å². The molecule has 172 valence electrons. The molecule has 0 saturated heterocycles. The quantitative estimate of drug-likeness (QED) is 0.178. The number of allylic oxidation sites excluding steroid dienone is 2. The van der Waals surface area contributed by atoms with E-state index < -0.39 is 23.8 Å². The first-order chi connectivity index (χ1) is 13.6. The Morgan fingerprint density at radius 3 is 1.90 bits per heavy atom. The molecule has 0 fully saturated rings. The summed E-state index contributed by atoms with van der Waals surface area (Å²) < 4.78 is 73.8. The molecule has 0 bridgehead atoms. The summed E-state index contributed by atoms with van der Waals surface area (Å²) in [5.74, 6) is -2.41. The van der Waals surface area contributed by atoms with Gasteiger partial charge >= 0.3 is 12.2 Å². The van der Waals surface area contributed by atoms with Crippen molar-refractivity contribution in [1.29, 1.82) is 0 Å². The monoisotopic (exact) mass is 540 g/mol. The van der Waals surface area contributed by atoms with Gasteiger partial charge in [0, 0.05) is 62.8 Å². The van der Waals surface area contributed by atoms with Crippen LogP contribution in [0.1, 0.15) is 20.3 Å². The van der Waals surface area contributed by atoms with Gasteiger partial charge in [-0.1, -0.05) is 35.1 Å². The molecule has 0 aliphatic rings. The number of aryl methyl sites for hydroxylation is 2. The van der Waals surface area contributed by atoms with Crippen LogP contribution in [0.3, 0.4) is 0 Å². The van der Waals surface area contributed by atoms with E-state index in [0.29, 0.717) is 5.16 Å². The lowest BCUT2D eigenvalue weighted by molar-refractivity contribution is 0.373. The number of hydrogen-bond donors (Lipinski definition) is 1. The number of hydrogen-bond acceptors (Lipinski definition) is 3. The number of thioether (sulfide) groups is 1. The van der Waals surface area contributed by atoms with Gasteiger partial charge in [-0.25, -0.2) is 13.8 Å². The first kappa shape index (κ1) is 30.7. The summed E-state index contributed by atoms with van der Waals surface area (Å²) in [7, 11) is 3.69. The normalized spacial score (nSPS) is 9.37. The zero-order chi connectivity index (χ0) is 22.4. The fourth-order valence-electron chi connectivity index (χ4n) is 1.38. The molecule has 0 aromatic carbocycles. The summed E-state index contributed by atoms with van der Waals surface area (Å²) in [5, 5.41) is 0.924. The smallest absolute Gasteiger partial charge is 0.301 e. The van der Waals surface area contributed by atoms with Crippen molar-refractivity contribution in [3.8, 4) is 0 Å². The van der Waals surface area contributed by atoms with E-state index in [1.54, 1.807) is 24.0 Å². The van der Waals surface area contributed by atoms with Crippen LogP contribution in [0.15, 0.2) is 53.8 Å². The second kappa shape index (κ2) is 17.2. The van der Waals surface area contributed by atoms with Gasteiger partial charge in [0.15, 0.2) is 21.6 Å². The zero-order valence-electron chi connectivity index (χ0n) is 15.4. The van der Waals surface area contributed by atoms with Gasteiger partial charge in [0.25, 0.3) is 0 Å². The minimum Gasteiger partial charge on any atom is -0.337 e. The minimum absolute atomic E-state index is 0. The molecule has 0 atom stereocenters. The number of H-pyrrole nitrogens is 1. The largest absolute Gasteiger partial charge is 0.337 e. The lowest BCUT2D eigenvalue weighted by atomic mass is 10.4. The highest BCUT2D eigenvalue weighted by atomic mass is 79.9. The molecule has 1 N–H and O–H groups in total. The molecule has 2 heterocycles. The van der Waals surface area contributed by atoms with Gasteiger partial charge in [-0.15, -0.1) is 0 Å². The van der Waals surface area contributed by atoms with Gasteiger partial charge < -0.3 is 14.1 Å². The molecule has 0 amide bonds. The third-order valence-corrected chi connectivity index (χ3v) is 4.74. The number of aromatic amines is 1. The van der Waals surface area contributed by atoms with Crippen LogP contribution in [0.5, 0.6) is 0 Å². The van der Waals surface area contributed by atoms with Crippen LogP contribution in [-0.2, 0) is 14.1 Å². The molecule has 0 spiro atoms. The molecule has 13 heteroatoms. The van der Waals surface area contributed by atoms with Crippen LogP contribution in [-0.4, -0.2) is 30.2 Å². The van der Waals surface area contributed by atoms with Crippen LogP contribution >= 0.6 is 39.9 Å². The van der Waals surface area contributed by atoms with E-state index in [-0.39, 0.29) is 31.4 Å². The highest BCUT2D eigenvalue weighted by Gasteiger charge is 2.06. The third-order valence-electron chi connectivity index (χ3n) is 2.88. The minimum atomic E-state index is -2.23. The summed E-state index contributed by atoms with van der Waals surface area (Å²) in [6.45, 7) is 0. The second-order valence-corrected chi connectivity index (χ2v) is 7.31. The van der Waals surface area contributed by atoms with Crippen molar-refractivity contribution < 1.29 is 26.3 Å². The van der Waals surface area contributed by atoms with E-state index >= 15 is 0 Å².